The second-order valence-electron chi connectivity index (χ2n) is 4.74. The molecule has 0 spiro atoms. The van der Waals surface area contributed by atoms with E-state index in [1.54, 1.807) is 18.2 Å². The summed E-state index contributed by atoms with van der Waals surface area (Å²) < 4.78 is 10.4. The molecule has 7 nitrogen and oxygen atoms in total. The van der Waals surface area contributed by atoms with E-state index in [9.17, 15) is 14.9 Å². The van der Waals surface area contributed by atoms with Crippen LogP contribution in [-0.4, -0.2) is 36.8 Å². The number of methoxy groups -OCH3 is 2. The lowest BCUT2D eigenvalue weighted by Gasteiger charge is -2.21. The molecule has 1 rings (SSSR count). The number of nitrogens with zero attached hydrogens (tertiary/aromatic N) is 1. The first-order valence-corrected chi connectivity index (χ1v) is 7.24. The monoisotopic (exact) mass is 327 g/mol. The fourth-order valence-corrected chi connectivity index (χ4v) is 2.68. The summed E-state index contributed by atoms with van der Waals surface area (Å²) in [5, 5.41) is 11.4. The molecule has 1 radical (unpaired) electrons. The van der Waals surface area contributed by atoms with Crippen molar-refractivity contribution in [2.75, 3.05) is 20.0 Å². The van der Waals surface area contributed by atoms with E-state index in [2.05, 4.69) is 0 Å². The number of ether oxygens (including phenoxy) is 2. The largest absolute Gasteiger partial charge is 0.497 e. The molecule has 1 aromatic carbocycles. The maximum atomic E-state index is 11.4. The highest BCUT2D eigenvalue weighted by Gasteiger charge is 2.34. The Morgan fingerprint density at radius 1 is 1.41 bits per heavy atom. The first-order chi connectivity index (χ1) is 10.4. The third-order valence-corrected chi connectivity index (χ3v) is 3.80. The average Bonchev–Trinajstić information content (AvgIpc) is 2.50. The standard InChI is InChI=1S/C14H19N2O5S/c1-20-9-3-4-10(13(7-9)21-2)11(8-22)12(16(18)19)5-6-14(15)17/h3-4,7,11-12H,5-6,8H2,1-2H3,(H2,15,17). The minimum absolute atomic E-state index is 0.0405. The lowest BCUT2D eigenvalue weighted by atomic mass is 9.89. The SMILES string of the molecule is COc1ccc(C(C[S])C(CCC(N)=O)[N+](=O)[O-])c(OC)c1. The summed E-state index contributed by atoms with van der Waals surface area (Å²) in [5.74, 6) is 0.0631. The molecule has 121 valence electrons. The molecule has 0 saturated heterocycles. The lowest BCUT2D eigenvalue weighted by molar-refractivity contribution is -0.526. The number of nitro groups is 1. The Balaban J connectivity index is 3.15. The summed E-state index contributed by atoms with van der Waals surface area (Å²) in [7, 11) is 3.00. The van der Waals surface area contributed by atoms with Gasteiger partial charge in [0.05, 0.1) is 20.1 Å². The second kappa shape index (κ2) is 8.47. The van der Waals surface area contributed by atoms with Gasteiger partial charge in [0, 0.05) is 35.1 Å². The van der Waals surface area contributed by atoms with Crippen LogP contribution >= 0.6 is 12.6 Å². The molecule has 0 aliphatic carbocycles. The first kappa shape index (κ1) is 18.1. The molecule has 22 heavy (non-hydrogen) atoms. The molecule has 2 atom stereocenters. The zero-order chi connectivity index (χ0) is 16.7. The van der Waals surface area contributed by atoms with Crippen molar-refractivity contribution < 1.29 is 19.2 Å². The summed E-state index contributed by atoms with van der Waals surface area (Å²) >= 11 is 5.09. The number of primary amides is 1. The molecule has 1 aromatic rings. The van der Waals surface area contributed by atoms with Crippen molar-refractivity contribution in [3.05, 3.63) is 33.9 Å². The van der Waals surface area contributed by atoms with Crippen molar-refractivity contribution >= 4 is 18.5 Å². The predicted molar refractivity (Wildman–Crippen MR) is 84.0 cm³/mol. The molecule has 1 amide bonds. The van der Waals surface area contributed by atoms with Crippen molar-refractivity contribution in [1.29, 1.82) is 0 Å². The third kappa shape index (κ3) is 4.52. The zero-order valence-corrected chi connectivity index (χ0v) is 13.3. The summed E-state index contributed by atoms with van der Waals surface area (Å²) in [6.45, 7) is 0. The molecule has 0 aliphatic heterocycles. The second-order valence-corrected chi connectivity index (χ2v) is 5.07. The van der Waals surface area contributed by atoms with E-state index in [1.165, 1.54) is 14.2 Å². The van der Waals surface area contributed by atoms with Gasteiger partial charge < -0.3 is 15.2 Å². The quantitative estimate of drug-likeness (QED) is 0.551. The fraction of sp³-hybridized carbons (Fsp3) is 0.500. The molecule has 0 heterocycles. The van der Waals surface area contributed by atoms with Gasteiger partial charge in [-0.3, -0.25) is 14.9 Å². The number of carbonyl (C=O) groups excluding carboxylic acids is 1. The van der Waals surface area contributed by atoms with Gasteiger partial charge in [0.2, 0.25) is 11.9 Å². The van der Waals surface area contributed by atoms with E-state index in [4.69, 9.17) is 27.8 Å². The van der Waals surface area contributed by atoms with Crippen LogP contribution in [0.15, 0.2) is 18.2 Å². The Bertz CT molecular complexity index is 538. The number of nitrogens with two attached hydrogens (primary N) is 1. The Morgan fingerprint density at radius 3 is 2.55 bits per heavy atom. The van der Waals surface area contributed by atoms with Gasteiger partial charge in [-0.2, -0.15) is 0 Å². The normalized spacial score (nSPS) is 13.2. The van der Waals surface area contributed by atoms with E-state index >= 15 is 0 Å². The molecule has 8 heteroatoms. The molecule has 2 unspecified atom stereocenters. The molecular formula is C14H19N2O5S. The van der Waals surface area contributed by atoms with Crippen LogP contribution in [0.2, 0.25) is 0 Å². The van der Waals surface area contributed by atoms with Gasteiger partial charge in [0.15, 0.2) is 0 Å². The molecule has 0 aliphatic rings. The Hall–Kier alpha value is -1.96. The van der Waals surface area contributed by atoms with Crippen molar-refractivity contribution in [3.63, 3.8) is 0 Å². The zero-order valence-electron chi connectivity index (χ0n) is 12.5. The lowest BCUT2D eigenvalue weighted by Crippen LogP contribution is -2.30. The van der Waals surface area contributed by atoms with Gasteiger partial charge in [-0.1, -0.05) is 18.7 Å². The van der Waals surface area contributed by atoms with Crippen LogP contribution in [0.3, 0.4) is 0 Å². The number of carbonyl (C=O) groups is 1. The maximum Gasteiger partial charge on any atom is 0.221 e. The van der Waals surface area contributed by atoms with E-state index in [-0.39, 0.29) is 18.6 Å². The van der Waals surface area contributed by atoms with Crippen molar-refractivity contribution in [3.8, 4) is 11.5 Å². The van der Waals surface area contributed by atoms with Gasteiger partial charge in [0.1, 0.15) is 11.5 Å². The van der Waals surface area contributed by atoms with Crippen LogP contribution in [0, 0.1) is 10.1 Å². The van der Waals surface area contributed by atoms with E-state index in [1.807, 2.05) is 0 Å². The van der Waals surface area contributed by atoms with Crippen molar-refractivity contribution in [2.45, 2.75) is 24.8 Å². The van der Waals surface area contributed by atoms with E-state index in [0.29, 0.717) is 17.1 Å². The summed E-state index contributed by atoms with van der Waals surface area (Å²) in [4.78, 5) is 21.8. The highest BCUT2D eigenvalue weighted by Crippen LogP contribution is 2.35. The number of hydrogen-bond acceptors (Lipinski definition) is 5. The molecular weight excluding hydrogens is 308 g/mol. The highest BCUT2D eigenvalue weighted by molar-refractivity contribution is 7.80. The third-order valence-electron chi connectivity index (χ3n) is 3.44. The van der Waals surface area contributed by atoms with Crippen LogP contribution in [-0.2, 0) is 4.79 Å². The maximum absolute atomic E-state index is 11.4. The predicted octanol–water partition coefficient (Wildman–Crippen LogP) is 1.90. The molecule has 0 saturated carbocycles. The fourth-order valence-electron chi connectivity index (χ4n) is 2.28. The van der Waals surface area contributed by atoms with Gasteiger partial charge >= 0.3 is 0 Å². The van der Waals surface area contributed by atoms with Crippen LogP contribution in [0.1, 0.15) is 24.3 Å². The first-order valence-electron chi connectivity index (χ1n) is 6.66. The van der Waals surface area contributed by atoms with Crippen LogP contribution in [0.4, 0.5) is 0 Å². The number of rotatable bonds is 9. The Morgan fingerprint density at radius 2 is 2.09 bits per heavy atom. The minimum Gasteiger partial charge on any atom is -0.497 e. The molecule has 0 aromatic heterocycles. The van der Waals surface area contributed by atoms with Crippen molar-refractivity contribution in [2.24, 2.45) is 5.73 Å². The van der Waals surface area contributed by atoms with Crippen molar-refractivity contribution in [1.82, 2.24) is 0 Å². The summed E-state index contributed by atoms with van der Waals surface area (Å²) in [5.41, 5.74) is 5.72. The van der Waals surface area contributed by atoms with Gasteiger partial charge in [0.25, 0.3) is 0 Å². The Kier molecular flexibility index (Phi) is 6.97. The van der Waals surface area contributed by atoms with Gasteiger partial charge in [-0.25, -0.2) is 0 Å². The van der Waals surface area contributed by atoms with Crippen LogP contribution in [0.5, 0.6) is 11.5 Å². The average molecular weight is 327 g/mol. The molecule has 0 fully saturated rings. The highest BCUT2D eigenvalue weighted by atomic mass is 32.1. The van der Waals surface area contributed by atoms with Gasteiger partial charge in [-0.05, 0) is 6.07 Å². The summed E-state index contributed by atoms with van der Waals surface area (Å²) in [6, 6.07) is 4.06. The van der Waals surface area contributed by atoms with Gasteiger partial charge in [-0.15, -0.1) is 0 Å². The summed E-state index contributed by atoms with van der Waals surface area (Å²) in [6.07, 6.45) is -0.0191. The van der Waals surface area contributed by atoms with Crippen LogP contribution in [0.25, 0.3) is 0 Å². The number of amides is 1. The number of benzene rings is 1. The Labute approximate surface area is 134 Å². The number of hydrogen-bond donors (Lipinski definition) is 1. The van der Waals surface area contributed by atoms with E-state index < -0.39 is 22.8 Å². The molecule has 0 bridgehead atoms. The topological polar surface area (TPSA) is 105 Å². The van der Waals surface area contributed by atoms with E-state index in [0.717, 1.165) is 0 Å². The minimum atomic E-state index is -0.993. The van der Waals surface area contributed by atoms with Crippen LogP contribution < -0.4 is 15.2 Å². The molecule has 2 N–H and O–H groups in total. The smallest absolute Gasteiger partial charge is 0.221 e.